The molecule has 0 saturated carbocycles. The van der Waals surface area contributed by atoms with Gasteiger partial charge in [0.2, 0.25) is 11.8 Å². The van der Waals surface area contributed by atoms with Gasteiger partial charge in [-0.15, -0.1) is 11.8 Å². The zero-order chi connectivity index (χ0) is 20.9. The molecule has 0 spiro atoms. The van der Waals surface area contributed by atoms with Gasteiger partial charge in [-0.1, -0.05) is 81.4 Å². The second kappa shape index (κ2) is 9.49. The molecule has 0 radical (unpaired) electrons. The number of nitrogens with one attached hydrogen (secondary N) is 1. The summed E-state index contributed by atoms with van der Waals surface area (Å²) in [6.45, 7) is 6.15. The predicted molar refractivity (Wildman–Crippen MR) is 120 cm³/mol. The quantitative estimate of drug-likeness (QED) is 0.767. The third-order valence-electron chi connectivity index (χ3n) is 4.99. The number of rotatable bonds is 6. The van der Waals surface area contributed by atoms with E-state index in [2.05, 4.69) is 38.2 Å². The molecule has 1 heterocycles. The topological polar surface area (TPSA) is 49.4 Å². The number of carbonyl (C=O) groups is 2. The second-order valence-corrected chi connectivity index (χ2v) is 9.78. The minimum absolute atomic E-state index is 0.0574. The molecular weight excluding hydrogens is 380 g/mol. The Labute approximate surface area is 178 Å². The second-order valence-electron chi connectivity index (χ2n) is 8.78. The van der Waals surface area contributed by atoms with Gasteiger partial charge in [-0.05, 0) is 23.0 Å². The van der Waals surface area contributed by atoms with E-state index in [1.54, 1.807) is 16.7 Å². The Bertz CT molecular complexity index is 818. The first kappa shape index (κ1) is 21.4. The van der Waals surface area contributed by atoms with Crippen molar-refractivity contribution in [3.05, 3.63) is 71.8 Å². The Kier molecular flexibility index (Phi) is 7.01. The number of carbonyl (C=O) groups excluding carboxylic acids is 2. The van der Waals surface area contributed by atoms with Crippen LogP contribution < -0.4 is 5.32 Å². The maximum absolute atomic E-state index is 13.2. The molecule has 1 fully saturated rings. The van der Waals surface area contributed by atoms with Crippen LogP contribution in [0.1, 0.15) is 44.4 Å². The van der Waals surface area contributed by atoms with Crippen molar-refractivity contribution in [3.63, 3.8) is 0 Å². The van der Waals surface area contributed by atoms with Crippen LogP contribution in [0.25, 0.3) is 0 Å². The van der Waals surface area contributed by atoms with Gasteiger partial charge in [-0.3, -0.25) is 9.59 Å². The summed E-state index contributed by atoms with van der Waals surface area (Å²) in [4.78, 5) is 27.7. The monoisotopic (exact) mass is 410 g/mol. The van der Waals surface area contributed by atoms with Crippen LogP contribution in [-0.4, -0.2) is 34.4 Å². The maximum atomic E-state index is 13.2. The van der Waals surface area contributed by atoms with Crippen molar-refractivity contribution >= 4 is 23.6 Å². The van der Waals surface area contributed by atoms with Crippen LogP contribution in [0, 0.1) is 5.41 Å². The van der Waals surface area contributed by atoms with E-state index in [1.807, 2.05) is 48.5 Å². The van der Waals surface area contributed by atoms with E-state index >= 15 is 0 Å². The van der Waals surface area contributed by atoms with Gasteiger partial charge in [0.05, 0.1) is 11.9 Å². The Morgan fingerprint density at radius 3 is 2.31 bits per heavy atom. The summed E-state index contributed by atoms with van der Waals surface area (Å²) >= 11 is 1.64. The molecule has 2 amide bonds. The Morgan fingerprint density at radius 2 is 1.69 bits per heavy atom. The number of thioether (sulfide) groups is 1. The minimum atomic E-state index is -0.406. The van der Waals surface area contributed by atoms with E-state index < -0.39 is 6.04 Å². The lowest BCUT2D eigenvalue weighted by atomic mass is 9.91. The summed E-state index contributed by atoms with van der Waals surface area (Å²) in [7, 11) is 0. The van der Waals surface area contributed by atoms with Crippen molar-refractivity contribution in [2.45, 2.75) is 45.7 Å². The number of hydrogen-bond donors (Lipinski definition) is 1. The molecule has 1 saturated heterocycles. The molecular formula is C24H30N2O2S. The smallest absolute Gasteiger partial charge is 0.244 e. The number of nitrogens with zero attached hydrogens (tertiary/aromatic N) is 1. The summed E-state index contributed by atoms with van der Waals surface area (Å²) in [6.07, 6.45) is 1.16. The van der Waals surface area contributed by atoms with Crippen molar-refractivity contribution in [1.82, 2.24) is 10.2 Å². The third kappa shape index (κ3) is 6.10. The standard InChI is InChI=1S/C24H30N2O2S/c1-24(2,3)15-22(27)26-17-29-16-21(26)23(28)25-20(19-12-8-5-9-13-19)14-18-10-6-4-7-11-18/h4-13,20-21H,14-17H2,1-3H3,(H,25,28)/t20-,21+/m1/s1. The minimum Gasteiger partial charge on any atom is -0.347 e. The van der Waals surface area contributed by atoms with Crippen LogP contribution in [0.2, 0.25) is 0 Å². The van der Waals surface area contributed by atoms with E-state index in [1.165, 1.54) is 5.56 Å². The molecule has 0 aliphatic carbocycles. The third-order valence-corrected chi connectivity index (χ3v) is 6.00. The lowest BCUT2D eigenvalue weighted by molar-refractivity contribution is -0.139. The van der Waals surface area contributed by atoms with Gasteiger partial charge in [0.25, 0.3) is 0 Å². The largest absolute Gasteiger partial charge is 0.347 e. The number of amides is 2. The van der Waals surface area contributed by atoms with Crippen LogP contribution in [0.5, 0.6) is 0 Å². The van der Waals surface area contributed by atoms with Gasteiger partial charge in [0, 0.05) is 12.2 Å². The molecule has 1 N–H and O–H groups in total. The summed E-state index contributed by atoms with van der Waals surface area (Å²) in [6, 6.07) is 19.7. The molecule has 1 aliphatic heterocycles. The molecule has 0 bridgehead atoms. The molecule has 2 aromatic carbocycles. The first-order valence-corrected chi connectivity index (χ1v) is 11.3. The van der Waals surface area contributed by atoms with Gasteiger partial charge in [0.15, 0.2) is 0 Å². The highest BCUT2D eigenvalue weighted by molar-refractivity contribution is 7.99. The fourth-order valence-corrected chi connectivity index (χ4v) is 4.70. The molecule has 154 valence electrons. The first-order chi connectivity index (χ1) is 13.8. The van der Waals surface area contributed by atoms with Crippen LogP contribution in [0.15, 0.2) is 60.7 Å². The van der Waals surface area contributed by atoms with Crippen molar-refractivity contribution in [3.8, 4) is 0 Å². The summed E-state index contributed by atoms with van der Waals surface area (Å²) in [5.74, 6) is 1.22. The van der Waals surface area contributed by atoms with E-state index in [0.29, 0.717) is 24.5 Å². The highest BCUT2D eigenvalue weighted by atomic mass is 32.2. The highest BCUT2D eigenvalue weighted by Crippen LogP contribution is 2.27. The summed E-state index contributed by atoms with van der Waals surface area (Å²) in [5, 5.41) is 3.23. The fraction of sp³-hybridized carbons (Fsp3) is 0.417. The zero-order valence-corrected chi connectivity index (χ0v) is 18.2. The molecule has 0 unspecified atom stereocenters. The lowest BCUT2D eigenvalue weighted by Crippen LogP contribution is -2.49. The van der Waals surface area contributed by atoms with E-state index in [-0.39, 0.29) is 23.3 Å². The molecule has 29 heavy (non-hydrogen) atoms. The van der Waals surface area contributed by atoms with E-state index in [4.69, 9.17) is 0 Å². The van der Waals surface area contributed by atoms with Crippen LogP contribution in [0.4, 0.5) is 0 Å². The lowest BCUT2D eigenvalue weighted by Gasteiger charge is -2.28. The molecule has 0 aromatic heterocycles. The van der Waals surface area contributed by atoms with Crippen LogP contribution >= 0.6 is 11.8 Å². The SMILES string of the molecule is CC(C)(C)CC(=O)N1CSC[C@H]1C(=O)N[C@H](Cc1ccccc1)c1ccccc1. The van der Waals surface area contributed by atoms with Crippen molar-refractivity contribution < 1.29 is 9.59 Å². The average Bonchev–Trinajstić information content (AvgIpc) is 3.18. The van der Waals surface area contributed by atoms with Crippen molar-refractivity contribution in [2.24, 2.45) is 5.41 Å². The number of benzene rings is 2. The highest BCUT2D eigenvalue weighted by Gasteiger charge is 2.36. The Balaban J connectivity index is 1.74. The predicted octanol–water partition coefficient (Wildman–Crippen LogP) is 4.42. The van der Waals surface area contributed by atoms with Crippen LogP contribution in [0.3, 0.4) is 0 Å². The summed E-state index contributed by atoms with van der Waals surface area (Å²) in [5.41, 5.74) is 2.15. The van der Waals surface area contributed by atoms with Gasteiger partial charge in [-0.2, -0.15) is 0 Å². The molecule has 2 atom stereocenters. The van der Waals surface area contributed by atoms with Gasteiger partial charge in [0.1, 0.15) is 6.04 Å². The number of hydrogen-bond acceptors (Lipinski definition) is 3. The first-order valence-electron chi connectivity index (χ1n) is 10.1. The molecule has 3 rings (SSSR count). The van der Waals surface area contributed by atoms with Crippen molar-refractivity contribution in [2.75, 3.05) is 11.6 Å². The molecule has 1 aliphatic rings. The average molecular weight is 411 g/mol. The molecule has 2 aromatic rings. The normalized spacial score (nSPS) is 17.8. The zero-order valence-electron chi connectivity index (χ0n) is 17.4. The van der Waals surface area contributed by atoms with Gasteiger partial charge >= 0.3 is 0 Å². The van der Waals surface area contributed by atoms with Gasteiger partial charge < -0.3 is 10.2 Å². The Hall–Kier alpha value is -2.27. The van der Waals surface area contributed by atoms with E-state index in [9.17, 15) is 9.59 Å². The molecule has 5 heteroatoms. The van der Waals surface area contributed by atoms with Crippen molar-refractivity contribution in [1.29, 1.82) is 0 Å². The Morgan fingerprint density at radius 1 is 1.07 bits per heavy atom. The fourth-order valence-electron chi connectivity index (χ4n) is 3.52. The van der Waals surface area contributed by atoms with E-state index in [0.717, 1.165) is 5.56 Å². The molecule has 4 nitrogen and oxygen atoms in total. The summed E-state index contributed by atoms with van der Waals surface area (Å²) < 4.78 is 0. The van der Waals surface area contributed by atoms with Gasteiger partial charge in [-0.25, -0.2) is 0 Å². The van der Waals surface area contributed by atoms with Crippen LogP contribution in [-0.2, 0) is 16.0 Å². The maximum Gasteiger partial charge on any atom is 0.244 e.